The minimum atomic E-state index is -0.0567. The number of aryl methyl sites for hydroxylation is 1. The van der Waals surface area contributed by atoms with Crippen molar-refractivity contribution in [2.24, 2.45) is 5.92 Å². The molecular weight excluding hydrogens is 362 g/mol. The molecule has 1 aromatic heterocycles. The molecule has 1 aliphatic rings. The molecule has 4 heteroatoms. The second-order valence-corrected chi connectivity index (χ2v) is 7.60. The third-order valence-corrected chi connectivity index (χ3v) is 5.60. The van der Waals surface area contributed by atoms with Crippen molar-refractivity contribution in [3.05, 3.63) is 84.1 Å². The van der Waals surface area contributed by atoms with Crippen LogP contribution < -0.4 is 0 Å². The SMILES string of the molecule is O=C(CCc1ccccc1)C1CCCN(C(=O)c2ccc(-c3ccco3)cc2)C1. The number of furan rings is 1. The van der Waals surface area contributed by atoms with Crippen LogP contribution in [0.25, 0.3) is 11.3 Å². The van der Waals surface area contributed by atoms with Gasteiger partial charge in [0.15, 0.2) is 0 Å². The van der Waals surface area contributed by atoms with Gasteiger partial charge in [0.2, 0.25) is 0 Å². The van der Waals surface area contributed by atoms with Crippen LogP contribution in [0.4, 0.5) is 0 Å². The maximum Gasteiger partial charge on any atom is 0.253 e. The number of piperidine rings is 1. The van der Waals surface area contributed by atoms with Crippen LogP contribution in [-0.2, 0) is 11.2 Å². The highest BCUT2D eigenvalue weighted by Gasteiger charge is 2.28. The van der Waals surface area contributed by atoms with Gasteiger partial charge < -0.3 is 9.32 Å². The molecule has 0 N–H and O–H groups in total. The number of hydrogen-bond donors (Lipinski definition) is 0. The normalized spacial score (nSPS) is 16.6. The Labute approximate surface area is 171 Å². The Morgan fingerprint density at radius 3 is 2.48 bits per heavy atom. The van der Waals surface area contributed by atoms with E-state index in [4.69, 9.17) is 4.42 Å². The van der Waals surface area contributed by atoms with E-state index in [1.165, 1.54) is 5.56 Å². The van der Waals surface area contributed by atoms with Gasteiger partial charge in [-0.05, 0) is 49.1 Å². The molecule has 0 spiro atoms. The summed E-state index contributed by atoms with van der Waals surface area (Å²) < 4.78 is 5.40. The third kappa shape index (κ3) is 4.65. The minimum absolute atomic E-state index is 0.00319. The summed E-state index contributed by atoms with van der Waals surface area (Å²) in [6.45, 7) is 1.23. The van der Waals surface area contributed by atoms with E-state index in [9.17, 15) is 9.59 Å². The van der Waals surface area contributed by atoms with Crippen molar-refractivity contribution < 1.29 is 14.0 Å². The molecular formula is C25H25NO3. The molecule has 2 heterocycles. The van der Waals surface area contributed by atoms with Crippen molar-refractivity contribution >= 4 is 11.7 Å². The molecule has 148 valence electrons. The van der Waals surface area contributed by atoms with Gasteiger partial charge in [-0.25, -0.2) is 0 Å². The van der Waals surface area contributed by atoms with Crippen LogP contribution in [0.15, 0.2) is 77.4 Å². The van der Waals surface area contributed by atoms with Crippen molar-refractivity contribution in [2.45, 2.75) is 25.7 Å². The van der Waals surface area contributed by atoms with Gasteiger partial charge in [0.1, 0.15) is 11.5 Å². The molecule has 1 fully saturated rings. The Kier molecular flexibility index (Phi) is 5.89. The summed E-state index contributed by atoms with van der Waals surface area (Å²) in [6.07, 6.45) is 4.68. The number of hydrogen-bond acceptors (Lipinski definition) is 3. The Hall–Kier alpha value is -3.14. The standard InChI is InChI=1S/C25H25NO3/c27-23(15-10-19-6-2-1-3-7-19)22-8-4-16-26(18-22)25(28)21-13-11-20(12-14-21)24-9-5-17-29-24/h1-3,5-7,9,11-14,17,22H,4,8,10,15-16,18H2. The molecule has 29 heavy (non-hydrogen) atoms. The summed E-state index contributed by atoms with van der Waals surface area (Å²) in [4.78, 5) is 27.5. The molecule has 0 aliphatic carbocycles. The van der Waals surface area contributed by atoms with Crippen LogP contribution in [0.3, 0.4) is 0 Å². The fourth-order valence-corrected chi connectivity index (χ4v) is 3.94. The smallest absolute Gasteiger partial charge is 0.253 e. The van der Waals surface area contributed by atoms with Crippen LogP contribution in [0.1, 0.15) is 35.2 Å². The van der Waals surface area contributed by atoms with Gasteiger partial charge in [-0.2, -0.15) is 0 Å². The molecule has 4 nitrogen and oxygen atoms in total. The lowest BCUT2D eigenvalue weighted by molar-refractivity contribution is -0.124. The van der Waals surface area contributed by atoms with Gasteiger partial charge in [-0.3, -0.25) is 9.59 Å². The second-order valence-electron chi connectivity index (χ2n) is 7.60. The van der Waals surface area contributed by atoms with E-state index >= 15 is 0 Å². The molecule has 0 radical (unpaired) electrons. The number of ketones is 1. The van der Waals surface area contributed by atoms with E-state index in [1.807, 2.05) is 59.5 Å². The van der Waals surface area contributed by atoms with Gasteiger partial charge in [0.05, 0.1) is 6.26 Å². The summed E-state index contributed by atoms with van der Waals surface area (Å²) in [7, 11) is 0. The highest BCUT2D eigenvalue weighted by atomic mass is 16.3. The molecule has 1 amide bonds. The molecule has 0 bridgehead atoms. The lowest BCUT2D eigenvalue weighted by Gasteiger charge is -2.32. The second kappa shape index (κ2) is 8.91. The fourth-order valence-electron chi connectivity index (χ4n) is 3.94. The summed E-state index contributed by atoms with van der Waals surface area (Å²) in [5.41, 5.74) is 2.78. The Bertz CT molecular complexity index is 946. The first-order chi connectivity index (χ1) is 14.2. The topological polar surface area (TPSA) is 50.5 Å². The van der Waals surface area contributed by atoms with E-state index in [2.05, 4.69) is 12.1 Å². The number of carbonyl (C=O) groups is 2. The summed E-state index contributed by atoms with van der Waals surface area (Å²) in [5.74, 6) is 0.987. The number of Topliss-reactive ketones (excluding diaryl/α,β-unsaturated/α-hetero) is 1. The maximum absolute atomic E-state index is 12.9. The van der Waals surface area contributed by atoms with E-state index < -0.39 is 0 Å². The first-order valence-electron chi connectivity index (χ1n) is 10.2. The van der Waals surface area contributed by atoms with Crippen LogP contribution in [0.5, 0.6) is 0 Å². The van der Waals surface area contributed by atoms with E-state index in [0.29, 0.717) is 25.1 Å². The van der Waals surface area contributed by atoms with E-state index in [1.54, 1.807) is 6.26 Å². The lowest BCUT2D eigenvalue weighted by Crippen LogP contribution is -2.42. The predicted molar refractivity (Wildman–Crippen MR) is 113 cm³/mol. The summed E-state index contributed by atoms with van der Waals surface area (Å²) in [6, 6.07) is 21.3. The molecule has 4 rings (SSSR count). The van der Waals surface area contributed by atoms with Gasteiger partial charge in [-0.15, -0.1) is 0 Å². The molecule has 2 aromatic carbocycles. The molecule has 1 aliphatic heterocycles. The number of rotatable bonds is 6. The monoisotopic (exact) mass is 387 g/mol. The van der Waals surface area contributed by atoms with Gasteiger partial charge in [0.25, 0.3) is 5.91 Å². The minimum Gasteiger partial charge on any atom is -0.464 e. The maximum atomic E-state index is 12.9. The van der Waals surface area contributed by atoms with Crippen LogP contribution in [0.2, 0.25) is 0 Å². The zero-order valence-corrected chi connectivity index (χ0v) is 16.4. The predicted octanol–water partition coefficient (Wildman–Crippen LogP) is 5.00. The average Bonchev–Trinajstić information content (AvgIpc) is 3.33. The van der Waals surface area contributed by atoms with E-state index in [0.717, 1.165) is 30.6 Å². The molecule has 1 atom stereocenters. The molecule has 1 saturated heterocycles. The average molecular weight is 387 g/mol. The highest BCUT2D eigenvalue weighted by Crippen LogP contribution is 2.23. The largest absolute Gasteiger partial charge is 0.464 e. The number of amides is 1. The number of benzene rings is 2. The molecule has 0 saturated carbocycles. The number of carbonyl (C=O) groups excluding carboxylic acids is 2. The van der Waals surface area contributed by atoms with Crippen LogP contribution in [0, 0.1) is 5.92 Å². The number of likely N-dealkylation sites (tertiary alicyclic amines) is 1. The Morgan fingerprint density at radius 1 is 0.966 bits per heavy atom. The zero-order valence-electron chi connectivity index (χ0n) is 16.4. The first kappa shape index (κ1) is 19.2. The van der Waals surface area contributed by atoms with Crippen LogP contribution >= 0.6 is 0 Å². The fraction of sp³-hybridized carbons (Fsp3) is 0.280. The zero-order chi connectivity index (χ0) is 20.1. The van der Waals surface area contributed by atoms with E-state index in [-0.39, 0.29) is 17.6 Å². The van der Waals surface area contributed by atoms with Crippen molar-refractivity contribution in [1.29, 1.82) is 0 Å². The van der Waals surface area contributed by atoms with Gasteiger partial charge in [-0.1, -0.05) is 42.5 Å². The lowest BCUT2D eigenvalue weighted by atomic mass is 9.90. The Morgan fingerprint density at radius 2 is 1.76 bits per heavy atom. The molecule has 3 aromatic rings. The molecule has 1 unspecified atom stereocenters. The van der Waals surface area contributed by atoms with Gasteiger partial charge >= 0.3 is 0 Å². The Balaban J connectivity index is 1.36. The number of nitrogens with zero attached hydrogens (tertiary/aromatic N) is 1. The first-order valence-corrected chi connectivity index (χ1v) is 10.2. The van der Waals surface area contributed by atoms with Crippen molar-refractivity contribution in [2.75, 3.05) is 13.1 Å². The van der Waals surface area contributed by atoms with Crippen molar-refractivity contribution in [3.63, 3.8) is 0 Å². The van der Waals surface area contributed by atoms with Gasteiger partial charge in [0, 0.05) is 36.6 Å². The van der Waals surface area contributed by atoms with Crippen molar-refractivity contribution in [3.8, 4) is 11.3 Å². The van der Waals surface area contributed by atoms with Crippen molar-refractivity contribution in [1.82, 2.24) is 4.90 Å². The third-order valence-electron chi connectivity index (χ3n) is 5.60. The summed E-state index contributed by atoms with van der Waals surface area (Å²) in [5, 5.41) is 0. The summed E-state index contributed by atoms with van der Waals surface area (Å²) >= 11 is 0. The van der Waals surface area contributed by atoms with Crippen LogP contribution in [-0.4, -0.2) is 29.7 Å². The quantitative estimate of drug-likeness (QED) is 0.598. The highest BCUT2D eigenvalue weighted by molar-refractivity contribution is 5.95.